The summed E-state index contributed by atoms with van der Waals surface area (Å²) >= 11 is 11.3. The number of nitrogens with one attached hydrogen (secondary N) is 1. The Morgan fingerprint density at radius 1 is 1.19 bits per heavy atom. The van der Waals surface area contributed by atoms with Gasteiger partial charge >= 0.3 is 0 Å². The lowest BCUT2D eigenvalue weighted by Crippen LogP contribution is -2.54. The number of rotatable bonds is 3. The van der Waals surface area contributed by atoms with Crippen LogP contribution in [0, 0.1) is 6.92 Å². The van der Waals surface area contributed by atoms with E-state index in [0.717, 1.165) is 5.56 Å². The number of amides is 2. The van der Waals surface area contributed by atoms with Crippen LogP contribution in [0.3, 0.4) is 0 Å². The molecule has 0 saturated carbocycles. The zero-order valence-electron chi connectivity index (χ0n) is 14.1. The molecular formula is C19H15ClN2O3S. The number of hydrogen-bond donors (Lipinski definition) is 1. The number of benzene rings is 2. The number of thiocarbonyl (C=S) groups is 1. The van der Waals surface area contributed by atoms with Gasteiger partial charge in [-0.05, 0) is 54.5 Å². The molecule has 0 aliphatic carbocycles. The highest BCUT2D eigenvalue weighted by Gasteiger charge is 2.35. The first-order chi connectivity index (χ1) is 12.4. The van der Waals surface area contributed by atoms with E-state index in [1.807, 2.05) is 19.1 Å². The lowest BCUT2D eigenvalue weighted by molar-refractivity contribution is -0.122. The molecule has 2 aromatic rings. The molecule has 0 aromatic heterocycles. The van der Waals surface area contributed by atoms with Gasteiger partial charge in [-0.2, -0.15) is 0 Å². The van der Waals surface area contributed by atoms with Crippen LogP contribution in [0.2, 0.25) is 5.02 Å². The van der Waals surface area contributed by atoms with Crippen molar-refractivity contribution in [3.63, 3.8) is 0 Å². The highest BCUT2D eigenvalue weighted by atomic mass is 35.5. The smallest absolute Gasteiger partial charge is 0.270 e. The number of halogens is 1. The van der Waals surface area contributed by atoms with Crippen LogP contribution in [0.25, 0.3) is 6.08 Å². The lowest BCUT2D eigenvalue weighted by Gasteiger charge is -2.30. The van der Waals surface area contributed by atoms with E-state index >= 15 is 0 Å². The van der Waals surface area contributed by atoms with E-state index in [4.69, 9.17) is 28.6 Å². The molecule has 132 valence electrons. The molecule has 0 bridgehead atoms. The van der Waals surface area contributed by atoms with Crippen LogP contribution in [0.5, 0.6) is 5.75 Å². The Balaban J connectivity index is 2.03. The van der Waals surface area contributed by atoms with Crippen molar-refractivity contribution in [1.82, 2.24) is 5.32 Å². The molecule has 0 radical (unpaired) electrons. The minimum absolute atomic E-state index is 0.0249. The number of carbonyl (C=O) groups is 2. The fraction of sp³-hybridized carbons (Fsp3) is 0.105. The van der Waals surface area contributed by atoms with Crippen LogP contribution in [0.4, 0.5) is 5.69 Å². The molecule has 26 heavy (non-hydrogen) atoms. The Hall–Kier alpha value is -2.70. The number of methoxy groups -OCH3 is 1. The number of aryl methyl sites for hydroxylation is 1. The van der Waals surface area contributed by atoms with Gasteiger partial charge in [-0.1, -0.05) is 35.9 Å². The first kappa shape index (κ1) is 18.1. The number of nitrogens with zero attached hydrogens (tertiary/aromatic N) is 1. The summed E-state index contributed by atoms with van der Waals surface area (Å²) in [6.07, 6.45) is 1.48. The van der Waals surface area contributed by atoms with Crippen molar-refractivity contribution in [3.05, 3.63) is 64.2 Å². The average Bonchev–Trinajstić information content (AvgIpc) is 2.60. The quantitative estimate of drug-likeness (QED) is 0.498. The largest absolute Gasteiger partial charge is 0.495 e. The van der Waals surface area contributed by atoms with Crippen molar-refractivity contribution in [2.45, 2.75) is 6.92 Å². The lowest BCUT2D eigenvalue weighted by atomic mass is 10.1. The Morgan fingerprint density at radius 3 is 2.58 bits per heavy atom. The van der Waals surface area contributed by atoms with Crippen LogP contribution < -0.4 is 15.0 Å². The van der Waals surface area contributed by atoms with Gasteiger partial charge in [0.1, 0.15) is 11.3 Å². The van der Waals surface area contributed by atoms with Gasteiger partial charge in [-0.25, -0.2) is 0 Å². The van der Waals surface area contributed by atoms with Crippen molar-refractivity contribution >= 4 is 52.5 Å². The van der Waals surface area contributed by atoms with E-state index in [1.54, 1.807) is 30.3 Å². The van der Waals surface area contributed by atoms with Gasteiger partial charge in [-0.15, -0.1) is 0 Å². The third-order valence-electron chi connectivity index (χ3n) is 3.94. The van der Waals surface area contributed by atoms with Crippen LogP contribution in [0.1, 0.15) is 11.1 Å². The van der Waals surface area contributed by atoms with Crippen molar-refractivity contribution in [3.8, 4) is 5.75 Å². The summed E-state index contributed by atoms with van der Waals surface area (Å²) in [7, 11) is 1.51. The number of carbonyl (C=O) groups excluding carboxylic acids is 2. The second-order valence-corrected chi connectivity index (χ2v) is 6.43. The predicted octanol–water partition coefficient (Wildman–Crippen LogP) is 3.49. The van der Waals surface area contributed by atoms with E-state index in [2.05, 4.69) is 5.32 Å². The maximum absolute atomic E-state index is 13.0. The Morgan fingerprint density at radius 2 is 1.92 bits per heavy atom. The molecule has 2 amide bonds. The first-order valence-corrected chi connectivity index (χ1v) is 8.51. The van der Waals surface area contributed by atoms with E-state index in [0.29, 0.717) is 22.0 Å². The molecule has 0 unspecified atom stereocenters. The molecule has 1 heterocycles. The van der Waals surface area contributed by atoms with Gasteiger partial charge in [0.05, 0.1) is 17.8 Å². The van der Waals surface area contributed by atoms with Crippen molar-refractivity contribution in [2.24, 2.45) is 0 Å². The highest BCUT2D eigenvalue weighted by molar-refractivity contribution is 7.80. The van der Waals surface area contributed by atoms with E-state index in [9.17, 15) is 9.59 Å². The number of hydrogen-bond acceptors (Lipinski definition) is 4. The Kier molecular flexibility index (Phi) is 5.06. The fourth-order valence-corrected chi connectivity index (χ4v) is 3.17. The zero-order chi connectivity index (χ0) is 18.8. The zero-order valence-corrected chi connectivity index (χ0v) is 15.6. The third-order valence-corrected chi connectivity index (χ3v) is 4.52. The molecule has 1 saturated heterocycles. The molecule has 0 spiro atoms. The minimum Gasteiger partial charge on any atom is -0.495 e. The molecule has 1 fully saturated rings. The topological polar surface area (TPSA) is 58.6 Å². The number of para-hydroxylation sites is 1. The maximum Gasteiger partial charge on any atom is 0.270 e. The van der Waals surface area contributed by atoms with Crippen molar-refractivity contribution in [2.75, 3.05) is 12.0 Å². The van der Waals surface area contributed by atoms with Crippen molar-refractivity contribution in [1.29, 1.82) is 0 Å². The van der Waals surface area contributed by atoms with Crippen molar-refractivity contribution < 1.29 is 14.3 Å². The molecule has 1 aliphatic rings. The molecule has 2 aromatic carbocycles. The normalized spacial score (nSPS) is 16.0. The second kappa shape index (κ2) is 7.27. The number of ether oxygens (including phenoxy) is 1. The third kappa shape index (κ3) is 3.34. The Bertz CT molecular complexity index is 956. The summed E-state index contributed by atoms with van der Waals surface area (Å²) in [4.78, 5) is 26.6. The monoisotopic (exact) mass is 386 g/mol. The summed E-state index contributed by atoms with van der Waals surface area (Å²) in [6, 6.07) is 12.3. The van der Waals surface area contributed by atoms with Gasteiger partial charge in [-0.3, -0.25) is 19.8 Å². The Labute approximate surface area is 161 Å². The molecular weight excluding hydrogens is 372 g/mol. The van der Waals surface area contributed by atoms with Gasteiger partial charge in [0.25, 0.3) is 11.8 Å². The molecule has 1 aliphatic heterocycles. The summed E-state index contributed by atoms with van der Waals surface area (Å²) in [5, 5.41) is 3.01. The average molecular weight is 387 g/mol. The van der Waals surface area contributed by atoms with E-state index < -0.39 is 11.8 Å². The summed E-state index contributed by atoms with van der Waals surface area (Å²) in [5.41, 5.74) is 2.07. The van der Waals surface area contributed by atoms with E-state index in [1.165, 1.54) is 18.1 Å². The second-order valence-electron chi connectivity index (χ2n) is 5.64. The summed E-state index contributed by atoms with van der Waals surface area (Å²) < 4.78 is 5.11. The minimum atomic E-state index is -0.545. The fourth-order valence-electron chi connectivity index (χ4n) is 2.63. The maximum atomic E-state index is 13.0. The predicted molar refractivity (Wildman–Crippen MR) is 105 cm³/mol. The van der Waals surface area contributed by atoms with Crippen LogP contribution >= 0.6 is 23.8 Å². The SMILES string of the molecule is COc1ccc(/C=C2/C(=O)NC(=S)N(c3ccccc3C)C2=O)cc1Cl. The van der Waals surface area contributed by atoms with E-state index in [-0.39, 0.29) is 10.7 Å². The van der Waals surface area contributed by atoms with Gasteiger partial charge in [0.2, 0.25) is 0 Å². The van der Waals surface area contributed by atoms with Gasteiger partial charge in [0, 0.05) is 0 Å². The van der Waals surface area contributed by atoms with Crippen LogP contribution in [-0.4, -0.2) is 24.0 Å². The molecule has 3 rings (SSSR count). The first-order valence-electron chi connectivity index (χ1n) is 7.73. The molecule has 1 N–H and O–H groups in total. The van der Waals surface area contributed by atoms with Crippen LogP contribution in [-0.2, 0) is 9.59 Å². The highest BCUT2D eigenvalue weighted by Crippen LogP contribution is 2.28. The van der Waals surface area contributed by atoms with Crippen LogP contribution in [0.15, 0.2) is 48.0 Å². The summed E-state index contributed by atoms with van der Waals surface area (Å²) in [5.74, 6) is -0.521. The number of anilines is 1. The molecule has 5 nitrogen and oxygen atoms in total. The van der Waals surface area contributed by atoms with Gasteiger partial charge in [0.15, 0.2) is 5.11 Å². The summed E-state index contributed by atoms with van der Waals surface area (Å²) in [6.45, 7) is 1.87. The van der Waals surface area contributed by atoms with Gasteiger partial charge < -0.3 is 4.74 Å². The molecule has 0 atom stereocenters. The standard InChI is InChI=1S/C19H15ClN2O3S/c1-11-5-3-4-6-15(11)22-18(24)13(17(23)21-19(22)26)9-12-7-8-16(25-2)14(20)10-12/h3-10H,1-2H3,(H,21,23,26)/b13-9-. The molecule has 7 heteroatoms.